The Bertz CT molecular complexity index is 620. The Labute approximate surface area is 123 Å². The van der Waals surface area contributed by atoms with Crippen LogP contribution in [0.3, 0.4) is 0 Å². The molecule has 0 unspecified atom stereocenters. The van der Waals surface area contributed by atoms with Crippen molar-refractivity contribution in [2.45, 2.75) is 6.42 Å². The van der Waals surface area contributed by atoms with Gasteiger partial charge >= 0.3 is 0 Å². The van der Waals surface area contributed by atoms with Gasteiger partial charge in [0.25, 0.3) is 0 Å². The van der Waals surface area contributed by atoms with Crippen LogP contribution >= 0.6 is 22.6 Å². The smallest absolute Gasteiger partial charge is 0.201 e. The van der Waals surface area contributed by atoms with E-state index in [9.17, 15) is 20.1 Å². The van der Waals surface area contributed by atoms with Gasteiger partial charge in [0.1, 0.15) is 0 Å². The maximum atomic E-state index is 12.0. The van der Waals surface area contributed by atoms with E-state index in [-0.39, 0.29) is 17.8 Å². The molecule has 0 aliphatic carbocycles. The summed E-state index contributed by atoms with van der Waals surface area (Å²) in [5.41, 5.74) is 0.811. The number of rotatable bonds is 3. The molecular formula is C14H11IO4. The van der Waals surface area contributed by atoms with Crippen LogP contribution in [0.25, 0.3) is 0 Å². The van der Waals surface area contributed by atoms with Crippen molar-refractivity contribution in [1.82, 2.24) is 0 Å². The highest BCUT2D eigenvalue weighted by Crippen LogP contribution is 2.37. The van der Waals surface area contributed by atoms with Crippen LogP contribution in [0.15, 0.2) is 36.4 Å². The second-order valence-corrected chi connectivity index (χ2v) is 5.30. The minimum absolute atomic E-state index is 0.00569. The molecule has 0 fully saturated rings. The third-order valence-electron chi connectivity index (χ3n) is 2.71. The fourth-order valence-corrected chi connectivity index (χ4v) is 2.04. The highest BCUT2D eigenvalue weighted by atomic mass is 127. The average Bonchev–Trinajstić information content (AvgIpc) is 2.39. The number of halogens is 1. The summed E-state index contributed by atoms with van der Waals surface area (Å²) in [7, 11) is 0. The number of hydrogen-bond donors (Lipinski definition) is 3. The van der Waals surface area contributed by atoms with Crippen molar-refractivity contribution in [3.63, 3.8) is 0 Å². The molecule has 3 N–H and O–H groups in total. The highest BCUT2D eigenvalue weighted by molar-refractivity contribution is 14.1. The van der Waals surface area contributed by atoms with E-state index in [1.807, 2.05) is 24.3 Å². The predicted octanol–water partition coefficient (Wildman–Crippen LogP) is 2.83. The number of Topliss-reactive ketones (excluding diaryl/α,β-unsaturated/α-hetero) is 1. The van der Waals surface area contributed by atoms with Crippen LogP contribution in [0.2, 0.25) is 0 Å². The largest absolute Gasteiger partial charge is 0.504 e. The monoisotopic (exact) mass is 370 g/mol. The molecule has 19 heavy (non-hydrogen) atoms. The topological polar surface area (TPSA) is 77.8 Å². The number of hydrogen-bond acceptors (Lipinski definition) is 4. The fourth-order valence-electron chi connectivity index (χ4n) is 1.68. The van der Waals surface area contributed by atoms with Crippen molar-refractivity contribution in [2.24, 2.45) is 0 Å². The van der Waals surface area contributed by atoms with E-state index < -0.39 is 17.2 Å². The molecule has 0 aliphatic rings. The van der Waals surface area contributed by atoms with Gasteiger partial charge < -0.3 is 15.3 Å². The maximum Gasteiger partial charge on any atom is 0.201 e. The van der Waals surface area contributed by atoms with E-state index in [1.165, 1.54) is 12.1 Å². The fraction of sp³-hybridized carbons (Fsp3) is 0.0714. The first kappa shape index (κ1) is 13.7. The molecule has 4 nitrogen and oxygen atoms in total. The number of phenols is 3. The molecule has 0 amide bonds. The Morgan fingerprint density at radius 2 is 1.58 bits per heavy atom. The molecule has 0 heterocycles. The number of carbonyl (C=O) groups is 1. The van der Waals surface area contributed by atoms with Crippen molar-refractivity contribution < 1.29 is 20.1 Å². The number of aromatic hydroxyl groups is 3. The molecule has 0 aromatic heterocycles. The second-order valence-electron chi connectivity index (χ2n) is 4.06. The van der Waals surface area contributed by atoms with Gasteiger partial charge in [0.2, 0.25) is 5.75 Å². The van der Waals surface area contributed by atoms with Gasteiger partial charge in [0.15, 0.2) is 17.3 Å². The molecule has 2 aromatic rings. The lowest BCUT2D eigenvalue weighted by atomic mass is 10.0. The minimum Gasteiger partial charge on any atom is -0.504 e. The van der Waals surface area contributed by atoms with Crippen molar-refractivity contribution in [2.75, 3.05) is 0 Å². The Kier molecular flexibility index (Phi) is 3.94. The van der Waals surface area contributed by atoms with Crippen LogP contribution in [0, 0.1) is 3.57 Å². The Balaban J connectivity index is 2.25. The molecule has 0 atom stereocenters. The summed E-state index contributed by atoms with van der Waals surface area (Å²) < 4.78 is 1.07. The van der Waals surface area contributed by atoms with Gasteiger partial charge in [-0.2, -0.15) is 0 Å². The lowest BCUT2D eigenvalue weighted by molar-refractivity contribution is 0.0989. The zero-order valence-electron chi connectivity index (χ0n) is 9.80. The van der Waals surface area contributed by atoms with Crippen LogP contribution in [-0.4, -0.2) is 21.1 Å². The molecule has 2 aromatic carbocycles. The number of benzene rings is 2. The summed E-state index contributed by atoms with van der Waals surface area (Å²) in [6, 6.07) is 9.90. The van der Waals surface area contributed by atoms with Crippen LogP contribution < -0.4 is 0 Å². The first-order chi connectivity index (χ1) is 8.99. The number of ketones is 1. The second kappa shape index (κ2) is 5.48. The van der Waals surface area contributed by atoms with Gasteiger partial charge in [0.05, 0.1) is 5.56 Å². The van der Waals surface area contributed by atoms with Gasteiger partial charge in [0, 0.05) is 9.99 Å². The Hall–Kier alpha value is -1.76. The van der Waals surface area contributed by atoms with E-state index in [2.05, 4.69) is 22.6 Å². The number of carbonyl (C=O) groups excluding carboxylic acids is 1. The van der Waals surface area contributed by atoms with E-state index in [4.69, 9.17) is 0 Å². The minimum atomic E-state index is -0.673. The zero-order valence-corrected chi connectivity index (χ0v) is 12.0. The SMILES string of the molecule is O=C(Cc1ccc(I)cc1)c1ccc(O)c(O)c1O. The normalized spacial score (nSPS) is 10.4. The quantitative estimate of drug-likeness (QED) is 0.441. The van der Waals surface area contributed by atoms with E-state index in [1.54, 1.807) is 0 Å². The lowest BCUT2D eigenvalue weighted by Crippen LogP contribution is -2.04. The Morgan fingerprint density at radius 3 is 2.21 bits per heavy atom. The molecule has 0 aliphatic heterocycles. The van der Waals surface area contributed by atoms with Crippen LogP contribution in [-0.2, 0) is 6.42 Å². The first-order valence-electron chi connectivity index (χ1n) is 5.50. The van der Waals surface area contributed by atoms with Gasteiger partial charge in [-0.15, -0.1) is 0 Å². The van der Waals surface area contributed by atoms with Crippen LogP contribution in [0.4, 0.5) is 0 Å². The summed E-state index contributed by atoms with van der Waals surface area (Å²) in [6.07, 6.45) is 0.120. The van der Waals surface area contributed by atoms with Crippen LogP contribution in [0.5, 0.6) is 17.2 Å². The Morgan fingerprint density at radius 1 is 0.947 bits per heavy atom. The van der Waals surface area contributed by atoms with Crippen molar-refractivity contribution in [1.29, 1.82) is 0 Å². The molecule has 0 saturated heterocycles. The zero-order chi connectivity index (χ0) is 14.0. The molecule has 0 spiro atoms. The van der Waals surface area contributed by atoms with E-state index in [0.717, 1.165) is 9.13 Å². The molecule has 0 saturated carbocycles. The first-order valence-corrected chi connectivity index (χ1v) is 6.58. The van der Waals surface area contributed by atoms with Gasteiger partial charge in [-0.25, -0.2) is 0 Å². The van der Waals surface area contributed by atoms with Crippen molar-refractivity contribution in [3.05, 3.63) is 51.1 Å². The molecule has 0 bridgehead atoms. The van der Waals surface area contributed by atoms with E-state index >= 15 is 0 Å². The molecule has 5 heteroatoms. The third-order valence-corrected chi connectivity index (χ3v) is 3.43. The lowest BCUT2D eigenvalue weighted by Gasteiger charge is -2.07. The summed E-state index contributed by atoms with van der Waals surface area (Å²) in [6.45, 7) is 0. The van der Waals surface area contributed by atoms with Crippen molar-refractivity contribution >= 4 is 28.4 Å². The molecule has 98 valence electrons. The summed E-state index contributed by atoms with van der Waals surface area (Å²) in [5, 5.41) is 28.2. The highest BCUT2D eigenvalue weighted by Gasteiger charge is 2.17. The van der Waals surface area contributed by atoms with Gasteiger partial charge in [-0.05, 0) is 52.4 Å². The van der Waals surface area contributed by atoms with E-state index in [0.29, 0.717) is 0 Å². The third kappa shape index (κ3) is 2.98. The predicted molar refractivity (Wildman–Crippen MR) is 78.6 cm³/mol. The molecular weight excluding hydrogens is 359 g/mol. The number of phenolic OH excluding ortho intramolecular Hbond substituents is 3. The van der Waals surface area contributed by atoms with Crippen molar-refractivity contribution in [3.8, 4) is 17.2 Å². The molecule has 2 rings (SSSR count). The van der Waals surface area contributed by atoms with Gasteiger partial charge in [-0.1, -0.05) is 12.1 Å². The van der Waals surface area contributed by atoms with Crippen LogP contribution in [0.1, 0.15) is 15.9 Å². The summed E-state index contributed by atoms with van der Waals surface area (Å²) >= 11 is 2.17. The standard InChI is InChI=1S/C14H11IO4/c15-9-3-1-8(2-4-9)7-12(17)10-5-6-11(16)14(19)13(10)18/h1-6,16,18-19H,7H2. The summed E-state index contributed by atoms with van der Waals surface area (Å²) in [5.74, 6) is -2.04. The maximum absolute atomic E-state index is 12.0. The molecule has 0 radical (unpaired) electrons. The van der Waals surface area contributed by atoms with Gasteiger partial charge in [-0.3, -0.25) is 4.79 Å². The average molecular weight is 370 g/mol. The summed E-state index contributed by atoms with van der Waals surface area (Å²) in [4.78, 5) is 12.0.